The second-order valence-corrected chi connectivity index (χ2v) is 11.0. The van der Waals surface area contributed by atoms with Gasteiger partial charge in [0.15, 0.2) is 18.2 Å². The second kappa shape index (κ2) is 9.43. The van der Waals surface area contributed by atoms with Crippen LogP contribution in [0.4, 0.5) is 4.39 Å². The van der Waals surface area contributed by atoms with E-state index < -0.39 is 53.7 Å². The molecule has 3 saturated carbocycles. The SMILES string of the molecule is C[C@]12CC[C@@]3(F)[C@@H](CCC4=CC(=O)C=C[C@@]43C)[C@@H]1C[C@@H](OC(=O)COC(=O)CCO)[C@@H]2C(=O)CCl. The molecule has 4 aliphatic carbocycles. The Hall–Kier alpha value is -2.06. The van der Waals surface area contributed by atoms with Crippen LogP contribution in [0.1, 0.15) is 52.4 Å². The Morgan fingerprint density at radius 3 is 2.63 bits per heavy atom. The van der Waals surface area contributed by atoms with Gasteiger partial charge in [-0.05, 0) is 68.4 Å². The van der Waals surface area contributed by atoms with E-state index in [1.165, 1.54) is 6.08 Å². The molecule has 0 bridgehead atoms. The second-order valence-electron chi connectivity index (χ2n) is 10.7. The molecular formula is C26H32ClFO7. The molecule has 0 aromatic heterocycles. The molecule has 4 aliphatic rings. The Kier molecular flexibility index (Phi) is 7.01. The summed E-state index contributed by atoms with van der Waals surface area (Å²) in [4.78, 5) is 48.9. The third-order valence-electron chi connectivity index (χ3n) is 9.10. The summed E-state index contributed by atoms with van der Waals surface area (Å²) in [5.41, 5.74) is -2.28. The minimum atomic E-state index is -1.59. The van der Waals surface area contributed by atoms with Crippen LogP contribution in [0, 0.1) is 28.6 Å². The fraction of sp³-hybridized carbons (Fsp3) is 0.692. The average Bonchev–Trinajstić information content (AvgIpc) is 3.10. The van der Waals surface area contributed by atoms with Crippen LogP contribution in [0.5, 0.6) is 0 Å². The smallest absolute Gasteiger partial charge is 0.344 e. The zero-order valence-electron chi connectivity index (χ0n) is 20.1. The van der Waals surface area contributed by atoms with Crippen molar-refractivity contribution in [2.24, 2.45) is 28.6 Å². The van der Waals surface area contributed by atoms with Crippen molar-refractivity contribution in [3.63, 3.8) is 0 Å². The number of aliphatic hydroxyl groups is 1. The molecule has 0 saturated heterocycles. The molecule has 7 nitrogen and oxygen atoms in total. The van der Waals surface area contributed by atoms with E-state index in [2.05, 4.69) is 0 Å². The number of allylic oxidation sites excluding steroid dienone is 4. The zero-order valence-corrected chi connectivity index (χ0v) is 20.8. The van der Waals surface area contributed by atoms with E-state index in [1.807, 2.05) is 13.8 Å². The maximum Gasteiger partial charge on any atom is 0.344 e. The number of aliphatic hydroxyl groups excluding tert-OH is 1. The first-order chi connectivity index (χ1) is 16.5. The molecule has 0 aliphatic heterocycles. The summed E-state index contributed by atoms with van der Waals surface area (Å²) in [6.45, 7) is 2.80. The fourth-order valence-corrected chi connectivity index (χ4v) is 7.53. The van der Waals surface area contributed by atoms with Crippen LogP contribution in [0.25, 0.3) is 0 Å². The average molecular weight is 511 g/mol. The van der Waals surface area contributed by atoms with E-state index in [4.69, 9.17) is 26.2 Å². The van der Waals surface area contributed by atoms with Crippen molar-refractivity contribution in [2.45, 2.75) is 64.1 Å². The molecular weight excluding hydrogens is 479 g/mol. The summed E-state index contributed by atoms with van der Waals surface area (Å²) >= 11 is 5.95. The lowest BCUT2D eigenvalue weighted by molar-refractivity contribution is -0.165. The number of carbonyl (C=O) groups excluding carboxylic acids is 4. The van der Waals surface area contributed by atoms with E-state index in [-0.39, 0.29) is 42.1 Å². The van der Waals surface area contributed by atoms with Crippen LogP contribution in [0.3, 0.4) is 0 Å². The molecule has 7 atom stereocenters. The van der Waals surface area contributed by atoms with Crippen molar-refractivity contribution >= 4 is 35.1 Å². The first-order valence-corrected chi connectivity index (χ1v) is 12.7. The topological polar surface area (TPSA) is 107 Å². The van der Waals surface area contributed by atoms with Crippen molar-refractivity contribution < 1.29 is 38.1 Å². The van der Waals surface area contributed by atoms with E-state index in [1.54, 1.807) is 12.2 Å². The molecule has 9 heteroatoms. The molecule has 0 unspecified atom stereocenters. The van der Waals surface area contributed by atoms with Crippen molar-refractivity contribution in [3.05, 3.63) is 23.8 Å². The van der Waals surface area contributed by atoms with Gasteiger partial charge in [0.1, 0.15) is 11.8 Å². The highest BCUT2D eigenvalue weighted by Gasteiger charge is 2.69. The highest BCUT2D eigenvalue weighted by Crippen LogP contribution is 2.69. The van der Waals surface area contributed by atoms with E-state index in [9.17, 15) is 19.2 Å². The van der Waals surface area contributed by atoms with Crippen molar-refractivity contribution in [3.8, 4) is 0 Å². The number of esters is 2. The van der Waals surface area contributed by atoms with Gasteiger partial charge in [0, 0.05) is 5.41 Å². The quantitative estimate of drug-likeness (QED) is 0.414. The summed E-state index contributed by atoms with van der Waals surface area (Å²) < 4.78 is 27.5. The zero-order chi connectivity index (χ0) is 25.6. The Morgan fingerprint density at radius 1 is 1.20 bits per heavy atom. The van der Waals surface area contributed by atoms with Gasteiger partial charge < -0.3 is 14.6 Å². The predicted molar refractivity (Wildman–Crippen MR) is 124 cm³/mol. The summed E-state index contributed by atoms with van der Waals surface area (Å²) in [6.07, 6.45) is 5.76. The molecule has 0 heterocycles. The molecule has 35 heavy (non-hydrogen) atoms. The lowest BCUT2D eigenvalue weighted by Crippen LogP contribution is -2.60. The maximum atomic E-state index is 17.1. The number of fused-ring (bicyclic) bond motifs is 5. The number of hydrogen-bond donors (Lipinski definition) is 1. The van der Waals surface area contributed by atoms with Crippen LogP contribution >= 0.6 is 11.6 Å². The number of hydrogen-bond acceptors (Lipinski definition) is 7. The number of rotatable bonds is 7. The van der Waals surface area contributed by atoms with E-state index >= 15 is 4.39 Å². The van der Waals surface area contributed by atoms with Crippen molar-refractivity contribution in [1.82, 2.24) is 0 Å². The van der Waals surface area contributed by atoms with Gasteiger partial charge in [-0.25, -0.2) is 9.18 Å². The summed E-state index contributed by atoms with van der Waals surface area (Å²) in [5, 5.41) is 8.80. The van der Waals surface area contributed by atoms with Gasteiger partial charge in [-0.1, -0.05) is 18.6 Å². The van der Waals surface area contributed by atoms with Gasteiger partial charge in [0.05, 0.1) is 24.8 Å². The van der Waals surface area contributed by atoms with Gasteiger partial charge in [0.2, 0.25) is 0 Å². The van der Waals surface area contributed by atoms with Gasteiger partial charge in [-0.2, -0.15) is 0 Å². The Balaban J connectivity index is 1.60. The van der Waals surface area contributed by atoms with Gasteiger partial charge in [0.25, 0.3) is 0 Å². The Labute approximate surface area is 209 Å². The standard InChI is InChI=1S/C26H32ClFO7/c1-24-8-9-26(28)17(4-3-15-11-16(30)5-7-25(15,26)2)18(24)12-20(23(24)19(31)13-27)35-22(33)14-34-21(32)6-10-29/h5,7,11,17-18,20,23,29H,3-4,6,8-10,12-14H2,1-2H3/t17-,18-,20+,23-,24-,25-,26+/m0/s1. The van der Waals surface area contributed by atoms with Crippen LogP contribution in [0.2, 0.25) is 0 Å². The van der Waals surface area contributed by atoms with Crippen molar-refractivity contribution in [2.75, 3.05) is 19.1 Å². The lowest BCUT2D eigenvalue weighted by atomic mass is 9.46. The monoisotopic (exact) mass is 510 g/mol. The summed E-state index contributed by atoms with van der Waals surface area (Å²) in [7, 11) is 0. The molecule has 192 valence electrons. The highest BCUT2D eigenvalue weighted by molar-refractivity contribution is 6.28. The van der Waals surface area contributed by atoms with Gasteiger partial charge in [-0.15, -0.1) is 11.6 Å². The highest BCUT2D eigenvalue weighted by atomic mass is 35.5. The molecule has 0 aromatic carbocycles. The molecule has 0 radical (unpaired) electrons. The summed E-state index contributed by atoms with van der Waals surface area (Å²) in [6, 6.07) is 0. The van der Waals surface area contributed by atoms with E-state index in [0.717, 1.165) is 5.57 Å². The number of alkyl halides is 2. The minimum absolute atomic E-state index is 0.125. The number of halogens is 2. The Morgan fingerprint density at radius 2 is 1.94 bits per heavy atom. The maximum absolute atomic E-state index is 17.1. The molecule has 4 rings (SSSR count). The minimum Gasteiger partial charge on any atom is -0.459 e. The number of Topliss-reactive ketones (excluding diaryl/α,β-unsaturated/α-hetero) is 1. The third-order valence-corrected chi connectivity index (χ3v) is 9.36. The lowest BCUT2D eigenvalue weighted by Gasteiger charge is -2.60. The van der Waals surface area contributed by atoms with Gasteiger partial charge in [-0.3, -0.25) is 14.4 Å². The fourth-order valence-electron chi connectivity index (χ4n) is 7.36. The molecule has 0 amide bonds. The van der Waals surface area contributed by atoms with Crippen LogP contribution in [-0.2, 0) is 28.7 Å². The Bertz CT molecular complexity index is 992. The largest absolute Gasteiger partial charge is 0.459 e. The summed E-state index contributed by atoms with van der Waals surface area (Å²) in [5.74, 6) is -3.42. The van der Waals surface area contributed by atoms with E-state index in [0.29, 0.717) is 25.7 Å². The molecule has 0 aromatic rings. The van der Waals surface area contributed by atoms with Gasteiger partial charge >= 0.3 is 11.9 Å². The molecule has 1 N–H and O–H groups in total. The predicted octanol–water partition coefficient (Wildman–Crippen LogP) is 3.26. The first-order valence-electron chi connectivity index (χ1n) is 12.2. The normalized spacial score (nSPS) is 39.7. The molecule has 0 spiro atoms. The van der Waals surface area contributed by atoms with Crippen LogP contribution in [0.15, 0.2) is 23.8 Å². The first kappa shape index (κ1) is 26.0. The number of ether oxygens (including phenoxy) is 2. The van der Waals surface area contributed by atoms with Crippen molar-refractivity contribution in [1.29, 1.82) is 0 Å². The number of carbonyl (C=O) groups is 4. The van der Waals surface area contributed by atoms with Crippen LogP contribution in [-0.4, -0.2) is 59.5 Å². The molecule has 3 fully saturated rings. The number of ketones is 2. The third kappa shape index (κ3) is 4.16. The van der Waals surface area contributed by atoms with Crippen LogP contribution < -0.4 is 0 Å².